The standard InChI is InChI=1S/C18H25N3O2/c1-5-7-13(2)18(22)20-16(17-19-10-11-21(17)3)14-8-6-9-15(12-14)23-4/h6,8-13,16H,5,7H2,1-4H3,(H,20,22). The molecule has 1 aromatic carbocycles. The molecule has 0 aliphatic carbocycles. The van der Waals surface area contributed by atoms with E-state index in [0.717, 1.165) is 30.0 Å². The summed E-state index contributed by atoms with van der Waals surface area (Å²) in [6, 6.07) is 7.43. The molecule has 1 N–H and O–H groups in total. The van der Waals surface area contributed by atoms with Crippen LogP contribution in [0.5, 0.6) is 5.75 Å². The Kier molecular flexibility index (Phi) is 5.79. The SMILES string of the molecule is CCCC(C)C(=O)NC(c1cccc(OC)c1)c1nccn1C. The van der Waals surface area contributed by atoms with Crippen molar-refractivity contribution < 1.29 is 9.53 Å². The van der Waals surface area contributed by atoms with E-state index in [2.05, 4.69) is 17.2 Å². The van der Waals surface area contributed by atoms with Crippen LogP contribution >= 0.6 is 0 Å². The Labute approximate surface area is 137 Å². The van der Waals surface area contributed by atoms with Crippen molar-refractivity contribution >= 4 is 5.91 Å². The summed E-state index contributed by atoms with van der Waals surface area (Å²) in [5.41, 5.74) is 0.954. The lowest BCUT2D eigenvalue weighted by molar-refractivity contribution is -0.125. The van der Waals surface area contributed by atoms with E-state index in [1.807, 2.05) is 49.0 Å². The largest absolute Gasteiger partial charge is 0.497 e. The van der Waals surface area contributed by atoms with Crippen LogP contribution in [0.3, 0.4) is 0 Å². The van der Waals surface area contributed by atoms with Gasteiger partial charge in [-0.15, -0.1) is 0 Å². The molecule has 0 radical (unpaired) electrons. The van der Waals surface area contributed by atoms with Gasteiger partial charge in [0, 0.05) is 25.4 Å². The number of amides is 1. The van der Waals surface area contributed by atoms with Crippen molar-refractivity contribution in [3.05, 3.63) is 48.0 Å². The Balaban J connectivity index is 2.32. The second-order valence-corrected chi connectivity index (χ2v) is 5.80. The second kappa shape index (κ2) is 7.81. The van der Waals surface area contributed by atoms with Gasteiger partial charge in [0.05, 0.1) is 7.11 Å². The van der Waals surface area contributed by atoms with Crippen molar-refractivity contribution in [2.24, 2.45) is 13.0 Å². The van der Waals surface area contributed by atoms with Crippen LogP contribution in [-0.2, 0) is 11.8 Å². The number of nitrogens with zero attached hydrogens (tertiary/aromatic N) is 2. The number of hydrogen-bond donors (Lipinski definition) is 1. The number of rotatable bonds is 7. The third-order valence-corrected chi connectivity index (χ3v) is 4.00. The molecule has 0 saturated heterocycles. The Morgan fingerprint density at radius 1 is 1.43 bits per heavy atom. The smallest absolute Gasteiger partial charge is 0.223 e. The molecule has 1 aromatic heterocycles. The number of benzene rings is 1. The first kappa shape index (κ1) is 17.1. The fraction of sp³-hybridized carbons (Fsp3) is 0.444. The van der Waals surface area contributed by atoms with Crippen molar-refractivity contribution in [1.29, 1.82) is 0 Å². The van der Waals surface area contributed by atoms with E-state index in [-0.39, 0.29) is 17.9 Å². The molecule has 0 bridgehead atoms. The maximum Gasteiger partial charge on any atom is 0.223 e. The van der Waals surface area contributed by atoms with E-state index in [0.29, 0.717) is 0 Å². The number of aromatic nitrogens is 2. The van der Waals surface area contributed by atoms with E-state index in [9.17, 15) is 4.79 Å². The predicted molar refractivity (Wildman–Crippen MR) is 90.3 cm³/mol. The van der Waals surface area contributed by atoms with Crippen molar-refractivity contribution in [3.63, 3.8) is 0 Å². The molecule has 2 unspecified atom stereocenters. The lowest BCUT2D eigenvalue weighted by Gasteiger charge is -2.21. The van der Waals surface area contributed by atoms with Gasteiger partial charge in [-0.3, -0.25) is 4.79 Å². The summed E-state index contributed by atoms with van der Waals surface area (Å²) in [6.07, 6.45) is 5.48. The number of carbonyl (C=O) groups is 1. The van der Waals surface area contributed by atoms with E-state index in [4.69, 9.17) is 4.74 Å². The zero-order chi connectivity index (χ0) is 16.8. The fourth-order valence-corrected chi connectivity index (χ4v) is 2.62. The van der Waals surface area contributed by atoms with E-state index < -0.39 is 0 Å². The van der Waals surface area contributed by atoms with Gasteiger partial charge in [-0.25, -0.2) is 4.98 Å². The van der Waals surface area contributed by atoms with Gasteiger partial charge in [-0.05, 0) is 24.1 Å². The minimum atomic E-state index is -0.295. The van der Waals surface area contributed by atoms with Gasteiger partial charge < -0.3 is 14.6 Å². The number of methoxy groups -OCH3 is 1. The molecule has 0 aliphatic heterocycles. The predicted octanol–water partition coefficient (Wildman–Crippen LogP) is 3.07. The Morgan fingerprint density at radius 3 is 2.83 bits per heavy atom. The van der Waals surface area contributed by atoms with E-state index in [1.165, 1.54) is 0 Å². The Hall–Kier alpha value is -2.30. The molecule has 23 heavy (non-hydrogen) atoms. The molecule has 2 aromatic rings. The first-order valence-corrected chi connectivity index (χ1v) is 7.98. The highest BCUT2D eigenvalue weighted by Crippen LogP contribution is 2.24. The highest BCUT2D eigenvalue weighted by Gasteiger charge is 2.23. The zero-order valence-electron chi connectivity index (χ0n) is 14.2. The first-order valence-electron chi connectivity index (χ1n) is 7.98. The quantitative estimate of drug-likeness (QED) is 0.854. The minimum absolute atomic E-state index is 0.0200. The summed E-state index contributed by atoms with van der Waals surface area (Å²) in [6.45, 7) is 4.04. The van der Waals surface area contributed by atoms with Crippen LogP contribution in [0.15, 0.2) is 36.7 Å². The highest BCUT2D eigenvalue weighted by molar-refractivity contribution is 5.79. The molecule has 2 atom stereocenters. The lowest BCUT2D eigenvalue weighted by Crippen LogP contribution is -2.34. The van der Waals surface area contributed by atoms with Gasteiger partial charge in [0.1, 0.15) is 17.6 Å². The molecular weight excluding hydrogens is 290 g/mol. The maximum atomic E-state index is 12.5. The number of ether oxygens (including phenoxy) is 1. The Bertz CT molecular complexity index is 651. The fourth-order valence-electron chi connectivity index (χ4n) is 2.62. The molecule has 5 nitrogen and oxygen atoms in total. The van der Waals surface area contributed by atoms with Crippen LogP contribution < -0.4 is 10.1 Å². The zero-order valence-corrected chi connectivity index (χ0v) is 14.2. The van der Waals surface area contributed by atoms with Crippen LogP contribution in [0, 0.1) is 5.92 Å². The molecule has 1 amide bonds. The van der Waals surface area contributed by atoms with Gasteiger partial charge in [-0.2, -0.15) is 0 Å². The van der Waals surface area contributed by atoms with Crippen molar-refractivity contribution in [1.82, 2.24) is 14.9 Å². The normalized spacial score (nSPS) is 13.4. The number of nitrogens with one attached hydrogen (secondary N) is 1. The average Bonchev–Trinajstić information content (AvgIpc) is 2.98. The third-order valence-electron chi connectivity index (χ3n) is 4.00. The maximum absolute atomic E-state index is 12.5. The summed E-state index contributed by atoms with van der Waals surface area (Å²) in [5, 5.41) is 3.13. The average molecular weight is 315 g/mol. The van der Waals surface area contributed by atoms with E-state index >= 15 is 0 Å². The van der Waals surface area contributed by atoms with Crippen LogP contribution in [0.25, 0.3) is 0 Å². The highest BCUT2D eigenvalue weighted by atomic mass is 16.5. The molecule has 124 valence electrons. The Morgan fingerprint density at radius 2 is 2.22 bits per heavy atom. The topological polar surface area (TPSA) is 56.1 Å². The first-order chi connectivity index (χ1) is 11.1. The summed E-state index contributed by atoms with van der Waals surface area (Å²) in [5.74, 6) is 1.59. The molecular formula is C18H25N3O2. The lowest BCUT2D eigenvalue weighted by atomic mass is 10.0. The minimum Gasteiger partial charge on any atom is -0.497 e. The van der Waals surface area contributed by atoms with E-state index in [1.54, 1.807) is 13.3 Å². The number of carbonyl (C=O) groups excluding carboxylic acids is 1. The van der Waals surface area contributed by atoms with Crippen LogP contribution in [0.4, 0.5) is 0 Å². The van der Waals surface area contributed by atoms with Crippen molar-refractivity contribution in [2.75, 3.05) is 7.11 Å². The van der Waals surface area contributed by atoms with Gasteiger partial charge in [0.15, 0.2) is 0 Å². The summed E-state index contributed by atoms with van der Waals surface area (Å²) >= 11 is 0. The number of hydrogen-bond acceptors (Lipinski definition) is 3. The van der Waals surface area contributed by atoms with Gasteiger partial charge in [0.25, 0.3) is 0 Å². The number of aryl methyl sites for hydroxylation is 1. The van der Waals surface area contributed by atoms with Crippen LogP contribution in [-0.4, -0.2) is 22.6 Å². The van der Waals surface area contributed by atoms with Crippen molar-refractivity contribution in [3.8, 4) is 5.75 Å². The van der Waals surface area contributed by atoms with Crippen LogP contribution in [0.1, 0.15) is 44.1 Å². The summed E-state index contributed by atoms with van der Waals surface area (Å²) in [4.78, 5) is 16.9. The molecule has 0 fully saturated rings. The molecule has 0 saturated carbocycles. The third kappa shape index (κ3) is 4.12. The van der Waals surface area contributed by atoms with Gasteiger partial charge in [0.2, 0.25) is 5.91 Å². The number of imidazole rings is 1. The molecule has 0 aliphatic rings. The summed E-state index contributed by atoms with van der Waals surface area (Å²) < 4.78 is 7.23. The molecule has 2 rings (SSSR count). The summed E-state index contributed by atoms with van der Waals surface area (Å²) in [7, 11) is 3.56. The van der Waals surface area contributed by atoms with Crippen LogP contribution in [0.2, 0.25) is 0 Å². The second-order valence-electron chi connectivity index (χ2n) is 5.80. The van der Waals surface area contributed by atoms with Gasteiger partial charge >= 0.3 is 0 Å². The molecule has 0 spiro atoms. The monoisotopic (exact) mass is 315 g/mol. The van der Waals surface area contributed by atoms with Gasteiger partial charge in [-0.1, -0.05) is 32.4 Å². The van der Waals surface area contributed by atoms with Crippen molar-refractivity contribution in [2.45, 2.75) is 32.7 Å². The molecule has 1 heterocycles. The molecule has 5 heteroatoms.